The maximum Gasteiger partial charge on any atom is 0.287 e. The number of piperazine rings is 1. The number of rotatable bonds is 6. The van der Waals surface area contributed by atoms with Crippen LogP contribution in [0.4, 0.5) is 5.69 Å². The van der Waals surface area contributed by atoms with E-state index in [2.05, 4.69) is 22.2 Å². The number of hydrogen-bond acceptors (Lipinski definition) is 8. The number of benzene rings is 2. The number of nitrogens with zero attached hydrogens (tertiary/aromatic N) is 2. The molecule has 3 aromatic rings. The van der Waals surface area contributed by atoms with Crippen LogP contribution in [0.25, 0.3) is 15.9 Å². The Hall–Kier alpha value is -3.27. The molecule has 1 saturated heterocycles. The molecular formula is C24H27N5O3S. The molecule has 33 heavy (non-hydrogen) atoms. The van der Waals surface area contributed by atoms with E-state index in [9.17, 15) is 9.59 Å². The third-order valence-corrected chi connectivity index (χ3v) is 6.37. The highest BCUT2D eigenvalue weighted by molar-refractivity contribution is 8.06. The van der Waals surface area contributed by atoms with Crippen LogP contribution in [0.15, 0.2) is 63.9 Å². The number of carbonyl (C=O) groups excluding carboxylic acids is 1. The van der Waals surface area contributed by atoms with Gasteiger partial charge in [-0.15, -0.1) is 0 Å². The second-order valence-electron chi connectivity index (χ2n) is 7.95. The van der Waals surface area contributed by atoms with Gasteiger partial charge in [0.15, 0.2) is 16.8 Å². The van der Waals surface area contributed by atoms with E-state index < -0.39 is 5.91 Å². The number of nitrogens with one attached hydrogen (secondary N) is 1. The minimum absolute atomic E-state index is 0.00899. The topological polar surface area (TPSA) is 118 Å². The van der Waals surface area contributed by atoms with Crippen molar-refractivity contribution in [2.75, 3.05) is 38.1 Å². The molecule has 0 aliphatic carbocycles. The largest absolute Gasteiger partial charge is 0.448 e. The van der Waals surface area contributed by atoms with Crippen LogP contribution in [0.3, 0.4) is 0 Å². The van der Waals surface area contributed by atoms with Gasteiger partial charge in [0.25, 0.3) is 5.91 Å². The number of nitrogens with two attached hydrogens (primary N) is 2. The Morgan fingerprint density at radius 1 is 1.15 bits per heavy atom. The van der Waals surface area contributed by atoms with Crippen LogP contribution in [0.1, 0.15) is 21.7 Å². The standard InChI is InChI=1S/C24H27N5O3S/c1-28-8-10-29(11-9-28)19-7-3-6-18-20(30)13-21(32-23(18)19)24(31)27-15-16-4-2-5-17(12-16)22(14-25)33-26/h2-7,12-14H,8-11,15,25-26H2,1H3,(H,27,31)/b22-14-. The van der Waals surface area contributed by atoms with Gasteiger partial charge in [0.05, 0.1) is 11.1 Å². The molecule has 8 nitrogen and oxygen atoms in total. The lowest BCUT2D eigenvalue weighted by Gasteiger charge is -2.34. The number of anilines is 1. The second kappa shape index (κ2) is 10.1. The Labute approximate surface area is 196 Å². The molecule has 0 spiro atoms. The first-order valence-electron chi connectivity index (χ1n) is 10.7. The Bertz CT molecular complexity index is 1250. The molecule has 2 heterocycles. The van der Waals surface area contributed by atoms with Crippen LogP contribution in [0.2, 0.25) is 0 Å². The molecular weight excluding hydrogens is 438 g/mol. The van der Waals surface area contributed by atoms with Crippen molar-refractivity contribution in [2.45, 2.75) is 6.54 Å². The maximum absolute atomic E-state index is 12.9. The molecule has 0 unspecified atom stereocenters. The predicted octanol–water partition coefficient (Wildman–Crippen LogP) is 2.34. The predicted molar refractivity (Wildman–Crippen MR) is 134 cm³/mol. The summed E-state index contributed by atoms with van der Waals surface area (Å²) in [5, 5.41) is 8.95. The zero-order chi connectivity index (χ0) is 23.4. The molecule has 1 amide bonds. The quantitative estimate of drug-likeness (QED) is 0.475. The summed E-state index contributed by atoms with van der Waals surface area (Å²) in [4.78, 5) is 30.8. The summed E-state index contributed by atoms with van der Waals surface area (Å²) < 4.78 is 5.99. The van der Waals surface area contributed by atoms with E-state index in [1.165, 1.54) is 12.3 Å². The van der Waals surface area contributed by atoms with Gasteiger partial charge >= 0.3 is 0 Å². The molecule has 0 saturated carbocycles. The fourth-order valence-corrected chi connectivity index (χ4v) is 4.22. The van der Waals surface area contributed by atoms with Crippen molar-refractivity contribution in [1.82, 2.24) is 10.2 Å². The molecule has 4 rings (SSSR count). The second-order valence-corrected chi connectivity index (χ2v) is 8.63. The summed E-state index contributed by atoms with van der Waals surface area (Å²) >= 11 is 1.06. The molecule has 1 aliphatic rings. The van der Waals surface area contributed by atoms with E-state index in [-0.39, 0.29) is 17.7 Å². The van der Waals surface area contributed by atoms with Crippen molar-refractivity contribution >= 4 is 39.4 Å². The van der Waals surface area contributed by atoms with Crippen LogP contribution >= 0.6 is 11.9 Å². The van der Waals surface area contributed by atoms with E-state index in [1.54, 1.807) is 6.07 Å². The van der Waals surface area contributed by atoms with E-state index in [1.807, 2.05) is 36.4 Å². The molecule has 0 radical (unpaired) electrons. The van der Waals surface area contributed by atoms with Crippen molar-refractivity contribution in [3.05, 3.63) is 81.8 Å². The molecule has 5 N–H and O–H groups in total. The van der Waals surface area contributed by atoms with E-state index in [0.29, 0.717) is 11.0 Å². The molecule has 0 bridgehead atoms. The maximum atomic E-state index is 12.9. The van der Waals surface area contributed by atoms with E-state index >= 15 is 0 Å². The summed E-state index contributed by atoms with van der Waals surface area (Å²) in [7, 11) is 2.08. The highest BCUT2D eigenvalue weighted by Gasteiger charge is 2.20. The van der Waals surface area contributed by atoms with E-state index in [4.69, 9.17) is 15.3 Å². The Kier molecular flexibility index (Phi) is 7.02. The van der Waals surface area contributed by atoms with Crippen molar-refractivity contribution in [3.8, 4) is 0 Å². The van der Waals surface area contributed by atoms with Crippen molar-refractivity contribution in [3.63, 3.8) is 0 Å². The highest BCUT2D eigenvalue weighted by Crippen LogP contribution is 2.27. The zero-order valence-electron chi connectivity index (χ0n) is 18.4. The van der Waals surface area contributed by atoms with Crippen LogP contribution in [0, 0.1) is 0 Å². The van der Waals surface area contributed by atoms with Gasteiger partial charge in [-0.2, -0.15) is 0 Å². The van der Waals surface area contributed by atoms with Crippen molar-refractivity contribution < 1.29 is 9.21 Å². The van der Waals surface area contributed by atoms with Crippen molar-refractivity contribution in [1.29, 1.82) is 0 Å². The molecule has 172 valence electrons. The first-order valence-corrected chi connectivity index (χ1v) is 11.5. The first kappa shape index (κ1) is 22.9. The van der Waals surface area contributed by atoms with Gasteiger partial charge in [-0.05, 0) is 48.3 Å². The molecule has 1 aromatic heterocycles. The van der Waals surface area contributed by atoms with Crippen LogP contribution in [-0.2, 0) is 6.54 Å². The molecule has 1 aliphatic heterocycles. The first-order chi connectivity index (χ1) is 16.0. The minimum atomic E-state index is -0.449. The zero-order valence-corrected chi connectivity index (χ0v) is 19.2. The lowest BCUT2D eigenvalue weighted by Crippen LogP contribution is -2.44. The highest BCUT2D eigenvalue weighted by atomic mass is 32.2. The molecule has 0 atom stereocenters. The van der Waals surface area contributed by atoms with Crippen LogP contribution in [-0.4, -0.2) is 44.0 Å². The van der Waals surface area contributed by atoms with Crippen LogP contribution in [0.5, 0.6) is 0 Å². The number of hydrogen-bond donors (Lipinski definition) is 3. The Morgan fingerprint density at radius 2 is 1.91 bits per heavy atom. The molecule has 9 heteroatoms. The number of likely N-dealkylation sites (N-methyl/N-ethyl adjacent to an activating group) is 1. The van der Waals surface area contributed by atoms with E-state index in [0.717, 1.165) is 59.8 Å². The smallest absolute Gasteiger partial charge is 0.287 e. The van der Waals surface area contributed by atoms with Gasteiger partial charge in [-0.1, -0.05) is 24.3 Å². The SMILES string of the molecule is CN1CCN(c2cccc3c(=O)cc(C(=O)NCc4cccc(/C(=C/N)SN)c4)oc23)CC1. The number of para-hydroxylation sites is 1. The fourth-order valence-electron chi connectivity index (χ4n) is 3.88. The van der Waals surface area contributed by atoms with Gasteiger partial charge in [0.2, 0.25) is 0 Å². The minimum Gasteiger partial charge on any atom is -0.448 e. The number of amides is 1. The monoisotopic (exact) mass is 465 g/mol. The summed E-state index contributed by atoms with van der Waals surface area (Å²) in [6.07, 6.45) is 1.45. The fraction of sp³-hybridized carbons (Fsp3) is 0.250. The number of carbonyl (C=O) groups is 1. The lowest BCUT2D eigenvalue weighted by atomic mass is 10.1. The van der Waals surface area contributed by atoms with Gasteiger partial charge in [0, 0.05) is 49.9 Å². The molecule has 2 aromatic carbocycles. The Balaban J connectivity index is 1.57. The Morgan fingerprint density at radius 3 is 2.64 bits per heavy atom. The summed E-state index contributed by atoms with van der Waals surface area (Å²) in [6.45, 7) is 3.76. The third kappa shape index (κ3) is 5.05. The van der Waals surface area contributed by atoms with Gasteiger partial charge in [-0.25, -0.2) is 0 Å². The molecule has 1 fully saturated rings. The van der Waals surface area contributed by atoms with Gasteiger partial charge in [0.1, 0.15) is 0 Å². The summed E-state index contributed by atoms with van der Waals surface area (Å²) in [5.74, 6) is -0.458. The average molecular weight is 466 g/mol. The summed E-state index contributed by atoms with van der Waals surface area (Å²) in [6, 6.07) is 14.3. The number of fused-ring (bicyclic) bond motifs is 1. The third-order valence-electron chi connectivity index (χ3n) is 5.74. The van der Waals surface area contributed by atoms with Crippen molar-refractivity contribution in [2.24, 2.45) is 10.9 Å². The summed E-state index contributed by atoms with van der Waals surface area (Å²) in [5.41, 5.74) is 8.39. The lowest BCUT2D eigenvalue weighted by molar-refractivity contribution is 0.0923. The van der Waals surface area contributed by atoms with Gasteiger partial charge < -0.3 is 25.3 Å². The van der Waals surface area contributed by atoms with Gasteiger partial charge in [-0.3, -0.25) is 14.7 Å². The average Bonchev–Trinajstić information content (AvgIpc) is 2.84. The van der Waals surface area contributed by atoms with Crippen LogP contribution < -0.4 is 26.5 Å². The normalized spacial score (nSPS) is 15.1.